The largest absolute Gasteiger partial charge is 0.352 e. The first kappa shape index (κ1) is 14.1. The smallest absolute Gasteiger partial charge is 0.157 e. The Labute approximate surface area is 112 Å². The first-order valence-corrected chi connectivity index (χ1v) is 7.34. The van der Waals surface area contributed by atoms with Crippen molar-refractivity contribution >= 4 is 0 Å². The Balaban J connectivity index is 2.02. The van der Waals surface area contributed by atoms with Gasteiger partial charge >= 0.3 is 0 Å². The first-order chi connectivity index (χ1) is 8.44. The second-order valence-corrected chi connectivity index (χ2v) is 6.82. The maximum absolute atomic E-state index is 6.01. The van der Waals surface area contributed by atoms with Gasteiger partial charge in [0.05, 0.1) is 13.2 Å². The Morgan fingerprint density at radius 3 is 2.39 bits per heavy atom. The normalized spacial score (nSPS) is 41.2. The van der Waals surface area contributed by atoms with Crippen LogP contribution in [0, 0.1) is 23.2 Å². The average Bonchev–Trinajstić information content (AvgIpc) is 2.27. The summed E-state index contributed by atoms with van der Waals surface area (Å²) in [6.45, 7) is 13.1. The molecule has 2 aliphatic rings. The molecule has 0 saturated carbocycles. The predicted octanol–water partition coefficient (Wildman–Crippen LogP) is 4.01. The Morgan fingerprint density at radius 1 is 1.28 bits per heavy atom. The van der Waals surface area contributed by atoms with Crippen LogP contribution in [0.4, 0.5) is 0 Å². The van der Waals surface area contributed by atoms with Gasteiger partial charge in [-0.3, -0.25) is 0 Å². The number of rotatable bonds is 2. The summed E-state index contributed by atoms with van der Waals surface area (Å²) in [7, 11) is 0. The SMILES string of the molecule is CC1=CC(C)C2(COC(CC(C)C)OC2)C(C)C1. The van der Waals surface area contributed by atoms with Gasteiger partial charge in [-0.25, -0.2) is 0 Å². The highest BCUT2D eigenvalue weighted by Crippen LogP contribution is 2.47. The lowest BCUT2D eigenvalue weighted by Gasteiger charge is -2.49. The molecule has 1 spiro atoms. The number of hydrogen-bond acceptors (Lipinski definition) is 2. The second kappa shape index (κ2) is 5.34. The van der Waals surface area contributed by atoms with Gasteiger partial charge < -0.3 is 9.47 Å². The molecule has 0 aromatic carbocycles. The molecule has 1 fully saturated rings. The molecule has 0 aromatic heterocycles. The van der Waals surface area contributed by atoms with E-state index in [-0.39, 0.29) is 11.7 Å². The van der Waals surface area contributed by atoms with Crippen molar-refractivity contribution in [3.8, 4) is 0 Å². The standard InChI is InChI=1S/C16H28O2/c1-11(2)6-15-17-9-16(10-18-15)13(4)7-12(3)8-14(16)5/h7,11,13-15H,6,8-10H2,1-5H3. The lowest BCUT2D eigenvalue weighted by atomic mass is 9.63. The third-order valence-electron chi connectivity index (χ3n) is 4.79. The van der Waals surface area contributed by atoms with Gasteiger partial charge in [-0.05, 0) is 31.1 Å². The molecule has 2 rings (SSSR count). The second-order valence-electron chi connectivity index (χ2n) is 6.82. The lowest BCUT2D eigenvalue weighted by Crippen LogP contribution is -2.51. The van der Waals surface area contributed by atoms with E-state index in [4.69, 9.17) is 9.47 Å². The van der Waals surface area contributed by atoms with Gasteiger partial charge in [-0.1, -0.05) is 39.3 Å². The van der Waals surface area contributed by atoms with E-state index in [1.54, 1.807) is 0 Å². The van der Waals surface area contributed by atoms with E-state index in [0.717, 1.165) is 19.6 Å². The minimum Gasteiger partial charge on any atom is -0.352 e. The summed E-state index contributed by atoms with van der Waals surface area (Å²) >= 11 is 0. The third kappa shape index (κ3) is 2.65. The molecule has 0 radical (unpaired) electrons. The fourth-order valence-electron chi connectivity index (χ4n) is 3.45. The van der Waals surface area contributed by atoms with Crippen LogP contribution in [0.3, 0.4) is 0 Å². The van der Waals surface area contributed by atoms with Crippen molar-refractivity contribution in [1.82, 2.24) is 0 Å². The molecule has 0 bridgehead atoms. The highest BCUT2D eigenvalue weighted by atomic mass is 16.7. The van der Waals surface area contributed by atoms with Crippen LogP contribution in [0.1, 0.15) is 47.5 Å². The molecule has 104 valence electrons. The molecule has 18 heavy (non-hydrogen) atoms. The number of ether oxygens (including phenoxy) is 2. The molecule has 1 aliphatic heterocycles. The molecule has 2 nitrogen and oxygen atoms in total. The minimum absolute atomic E-state index is 0.0158. The van der Waals surface area contributed by atoms with Crippen LogP contribution in [0.2, 0.25) is 0 Å². The summed E-state index contributed by atoms with van der Waals surface area (Å²) in [5.41, 5.74) is 1.72. The highest BCUT2D eigenvalue weighted by Gasteiger charge is 2.46. The Hall–Kier alpha value is -0.340. The van der Waals surface area contributed by atoms with Gasteiger partial charge in [0, 0.05) is 11.8 Å². The van der Waals surface area contributed by atoms with Crippen molar-refractivity contribution in [2.45, 2.75) is 53.8 Å². The first-order valence-electron chi connectivity index (χ1n) is 7.34. The quantitative estimate of drug-likeness (QED) is 0.691. The van der Waals surface area contributed by atoms with Gasteiger partial charge in [-0.2, -0.15) is 0 Å². The fourth-order valence-corrected chi connectivity index (χ4v) is 3.45. The zero-order chi connectivity index (χ0) is 13.3. The van der Waals surface area contributed by atoms with Crippen LogP contribution in [0.5, 0.6) is 0 Å². The van der Waals surface area contributed by atoms with Crippen molar-refractivity contribution in [2.75, 3.05) is 13.2 Å². The van der Waals surface area contributed by atoms with Crippen LogP contribution >= 0.6 is 0 Å². The summed E-state index contributed by atoms with van der Waals surface area (Å²) < 4.78 is 12.0. The molecule has 0 amide bonds. The van der Waals surface area contributed by atoms with Crippen molar-refractivity contribution in [1.29, 1.82) is 0 Å². The van der Waals surface area contributed by atoms with Crippen LogP contribution < -0.4 is 0 Å². The molecule has 1 saturated heterocycles. The molecule has 1 aliphatic carbocycles. The molecular formula is C16H28O2. The summed E-state index contributed by atoms with van der Waals surface area (Å²) in [6.07, 6.45) is 4.62. The van der Waals surface area contributed by atoms with Gasteiger partial charge in [0.2, 0.25) is 0 Å². The maximum atomic E-state index is 6.01. The summed E-state index contributed by atoms with van der Waals surface area (Å²) in [5, 5.41) is 0. The van der Waals surface area contributed by atoms with Crippen molar-refractivity contribution in [2.24, 2.45) is 23.2 Å². The monoisotopic (exact) mass is 252 g/mol. The van der Waals surface area contributed by atoms with Gasteiger partial charge in [0.15, 0.2) is 6.29 Å². The number of hydrogen-bond donors (Lipinski definition) is 0. The van der Waals surface area contributed by atoms with Crippen LogP contribution in [-0.4, -0.2) is 19.5 Å². The zero-order valence-corrected chi connectivity index (χ0v) is 12.5. The van der Waals surface area contributed by atoms with Crippen LogP contribution in [0.25, 0.3) is 0 Å². The minimum atomic E-state index is 0.0158. The van der Waals surface area contributed by atoms with Crippen molar-refractivity contribution in [3.05, 3.63) is 11.6 Å². The van der Waals surface area contributed by atoms with E-state index in [0.29, 0.717) is 17.8 Å². The fraction of sp³-hybridized carbons (Fsp3) is 0.875. The maximum Gasteiger partial charge on any atom is 0.157 e. The molecule has 1 heterocycles. The van der Waals surface area contributed by atoms with Gasteiger partial charge in [0.1, 0.15) is 0 Å². The predicted molar refractivity (Wildman–Crippen MR) is 74.3 cm³/mol. The summed E-state index contributed by atoms with van der Waals surface area (Å²) in [4.78, 5) is 0. The van der Waals surface area contributed by atoms with Gasteiger partial charge in [0.25, 0.3) is 0 Å². The molecule has 2 heteroatoms. The Bertz CT molecular complexity index is 311. The van der Waals surface area contributed by atoms with E-state index >= 15 is 0 Å². The summed E-state index contributed by atoms with van der Waals surface area (Å²) in [6, 6.07) is 0. The topological polar surface area (TPSA) is 18.5 Å². The molecular weight excluding hydrogens is 224 g/mol. The molecule has 0 aromatic rings. The highest BCUT2D eigenvalue weighted by molar-refractivity contribution is 5.13. The molecule has 2 unspecified atom stereocenters. The van der Waals surface area contributed by atoms with E-state index in [1.165, 1.54) is 12.0 Å². The third-order valence-corrected chi connectivity index (χ3v) is 4.79. The zero-order valence-electron chi connectivity index (χ0n) is 12.5. The number of allylic oxidation sites excluding steroid dienone is 2. The molecule has 2 atom stereocenters. The van der Waals surface area contributed by atoms with Crippen LogP contribution in [-0.2, 0) is 9.47 Å². The average molecular weight is 252 g/mol. The van der Waals surface area contributed by atoms with E-state index in [1.807, 2.05) is 0 Å². The van der Waals surface area contributed by atoms with Crippen molar-refractivity contribution < 1.29 is 9.47 Å². The van der Waals surface area contributed by atoms with Gasteiger partial charge in [-0.15, -0.1) is 0 Å². The summed E-state index contributed by atoms with van der Waals surface area (Å²) in [5.74, 6) is 1.84. The Kier molecular flexibility index (Phi) is 4.18. The lowest BCUT2D eigenvalue weighted by molar-refractivity contribution is -0.254. The van der Waals surface area contributed by atoms with Crippen LogP contribution in [0.15, 0.2) is 11.6 Å². The van der Waals surface area contributed by atoms with E-state index in [9.17, 15) is 0 Å². The Morgan fingerprint density at radius 2 is 1.89 bits per heavy atom. The van der Waals surface area contributed by atoms with E-state index < -0.39 is 0 Å². The van der Waals surface area contributed by atoms with Crippen molar-refractivity contribution in [3.63, 3.8) is 0 Å². The van der Waals surface area contributed by atoms with E-state index in [2.05, 4.69) is 40.7 Å². The molecule has 0 N–H and O–H groups in total.